The van der Waals surface area contributed by atoms with Crippen LogP contribution in [0.25, 0.3) is 0 Å². The Hall–Kier alpha value is -2.18. The van der Waals surface area contributed by atoms with Crippen molar-refractivity contribution >= 4 is 21.6 Å². The largest absolute Gasteiger partial charge is 0.497 e. The summed E-state index contributed by atoms with van der Waals surface area (Å²) >= 11 is 0. The summed E-state index contributed by atoms with van der Waals surface area (Å²) in [5, 5.41) is 29.6. The van der Waals surface area contributed by atoms with Crippen LogP contribution in [0.4, 0.5) is 30.8 Å². The number of benzene rings is 1. The molecule has 0 unspecified atom stereocenters. The van der Waals surface area contributed by atoms with E-state index in [0.717, 1.165) is 0 Å². The average Bonchev–Trinajstić information content (AvgIpc) is 2.12. The lowest BCUT2D eigenvalue weighted by atomic mass is 10.2. The smallest absolute Gasteiger partial charge is 0.319 e. The summed E-state index contributed by atoms with van der Waals surface area (Å²) in [5.74, 6) is -1.74. The molecule has 13 heteroatoms. The molecule has 0 radical (unpaired) electrons. The first kappa shape index (κ1) is 14.9. The zero-order valence-electron chi connectivity index (χ0n) is 8.43. The highest BCUT2D eigenvalue weighted by atomic mass is 32.5. The van der Waals surface area contributed by atoms with Crippen LogP contribution in [0.5, 0.6) is 5.75 Å². The van der Waals surface area contributed by atoms with Crippen LogP contribution in [0.15, 0.2) is 17.0 Å². The first-order valence-electron chi connectivity index (χ1n) is 4.03. The second kappa shape index (κ2) is 3.23. The third-order valence-electron chi connectivity index (χ3n) is 1.88. The minimum atomic E-state index is -10.3. The van der Waals surface area contributed by atoms with Gasteiger partial charge in [0.25, 0.3) is 5.75 Å². The molecule has 1 aromatic carbocycles. The molecule has 0 aliphatic rings. The maximum absolute atomic E-state index is 12.4. The van der Waals surface area contributed by atoms with Crippen molar-refractivity contribution in [2.24, 2.45) is 0 Å². The summed E-state index contributed by atoms with van der Waals surface area (Å²) < 4.78 is 62.2. The zero-order chi connectivity index (χ0) is 15.3. The quantitative estimate of drug-likeness (QED) is 0.518. The summed E-state index contributed by atoms with van der Waals surface area (Å²) in [5.41, 5.74) is -3.67. The second-order valence-corrected chi connectivity index (χ2v) is 5.70. The summed E-state index contributed by atoms with van der Waals surface area (Å²) in [4.78, 5) is 14.5. The normalized spacial score (nSPS) is 15.4. The number of rotatable bonds is 3. The Morgan fingerprint density at radius 3 is 1.47 bits per heavy atom. The van der Waals surface area contributed by atoms with E-state index < -0.39 is 54.2 Å². The number of aromatic hydroxyl groups is 1. The van der Waals surface area contributed by atoms with Crippen LogP contribution in [0.3, 0.4) is 0 Å². The van der Waals surface area contributed by atoms with Gasteiger partial charge in [-0.3, -0.25) is 20.2 Å². The molecule has 0 bridgehead atoms. The lowest BCUT2D eigenvalue weighted by Gasteiger charge is -2.40. The van der Waals surface area contributed by atoms with Crippen LogP contribution in [0.2, 0.25) is 0 Å². The van der Waals surface area contributed by atoms with Gasteiger partial charge < -0.3 is 5.11 Å². The highest BCUT2D eigenvalue weighted by molar-refractivity contribution is 8.45. The van der Waals surface area contributed by atoms with Gasteiger partial charge in [0.2, 0.25) is 0 Å². The molecule has 0 atom stereocenters. The van der Waals surface area contributed by atoms with Gasteiger partial charge in [-0.1, -0.05) is 19.4 Å². The number of halogens is 5. The Labute approximate surface area is 99.8 Å². The van der Waals surface area contributed by atoms with Gasteiger partial charge in [-0.2, -0.15) is 0 Å². The summed E-state index contributed by atoms with van der Waals surface area (Å²) in [6.07, 6.45) is 0. The van der Waals surface area contributed by atoms with E-state index in [1.165, 1.54) is 0 Å². The predicted octanol–water partition coefficient (Wildman–Crippen LogP) is 3.87. The lowest BCUT2D eigenvalue weighted by Crippen LogP contribution is -2.07. The van der Waals surface area contributed by atoms with Crippen molar-refractivity contribution in [1.29, 1.82) is 0 Å². The predicted molar refractivity (Wildman–Crippen MR) is 52.8 cm³/mol. The standard InChI is InChI=1S/C6H3F5N2O5S/c7-19(8,9,10,11)3-1-4(12(15)16)6(14)5(2-3)13(17)18/h1-2,14H. The van der Waals surface area contributed by atoms with E-state index in [2.05, 4.69) is 0 Å². The van der Waals surface area contributed by atoms with Gasteiger partial charge in [-0.15, -0.1) is 0 Å². The van der Waals surface area contributed by atoms with Gasteiger partial charge >= 0.3 is 21.6 Å². The fraction of sp³-hybridized carbons (Fsp3) is 0. The molecule has 1 aromatic rings. The van der Waals surface area contributed by atoms with E-state index in [0.29, 0.717) is 0 Å². The average molecular weight is 310 g/mol. The summed E-state index contributed by atoms with van der Waals surface area (Å²) in [7, 11) is -10.3. The third-order valence-corrected chi connectivity index (χ3v) is 3.01. The molecule has 0 aliphatic carbocycles. The Balaban J connectivity index is 3.83. The number of nitro benzene ring substituents is 2. The van der Waals surface area contributed by atoms with Crippen LogP contribution < -0.4 is 0 Å². The van der Waals surface area contributed by atoms with Gasteiger partial charge in [0.05, 0.1) is 9.85 Å². The molecular weight excluding hydrogens is 307 g/mol. The first-order valence-corrected chi connectivity index (χ1v) is 5.98. The zero-order valence-corrected chi connectivity index (χ0v) is 9.24. The van der Waals surface area contributed by atoms with Gasteiger partial charge in [-0.25, -0.2) is 0 Å². The van der Waals surface area contributed by atoms with Crippen LogP contribution in [0.1, 0.15) is 0 Å². The van der Waals surface area contributed by atoms with E-state index in [4.69, 9.17) is 5.11 Å². The summed E-state index contributed by atoms with van der Waals surface area (Å²) in [6, 6.07) is -1.30. The number of hydrogen-bond acceptors (Lipinski definition) is 5. The van der Waals surface area contributed by atoms with E-state index in [9.17, 15) is 39.7 Å². The molecule has 0 saturated heterocycles. The molecule has 0 aromatic heterocycles. The molecule has 0 amide bonds. The maximum atomic E-state index is 12.4. The number of phenols is 1. The fourth-order valence-electron chi connectivity index (χ4n) is 1.08. The maximum Gasteiger partial charge on any atom is 0.319 e. The third kappa shape index (κ3) is 2.98. The van der Waals surface area contributed by atoms with E-state index >= 15 is 0 Å². The van der Waals surface area contributed by atoms with Crippen molar-refractivity contribution in [2.45, 2.75) is 4.90 Å². The van der Waals surface area contributed by atoms with Crippen LogP contribution in [0, 0.1) is 20.2 Å². The molecule has 0 spiro atoms. The number of phenolic OH excluding ortho intramolecular Hbond substituents is 1. The molecule has 0 fully saturated rings. The van der Waals surface area contributed by atoms with Crippen molar-refractivity contribution in [3.63, 3.8) is 0 Å². The molecule has 19 heavy (non-hydrogen) atoms. The van der Waals surface area contributed by atoms with Gasteiger partial charge in [0.15, 0.2) is 0 Å². The van der Waals surface area contributed by atoms with Crippen molar-refractivity contribution in [2.75, 3.05) is 0 Å². The fourth-order valence-corrected chi connectivity index (χ4v) is 1.75. The van der Waals surface area contributed by atoms with E-state index in [1.54, 1.807) is 0 Å². The minimum Gasteiger partial charge on any atom is -0.497 e. The Kier molecular flexibility index (Phi) is 2.53. The van der Waals surface area contributed by atoms with Gasteiger partial charge in [-0.05, 0) is 0 Å². The second-order valence-electron chi connectivity index (χ2n) is 3.29. The van der Waals surface area contributed by atoms with Crippen molar-refractivity contribution in [1.82, 2.24) is 0 Å². The van der Waals surface area contributed by atoms with E-state index in [-0.39, 0.29) is 0 Å². The summed E-state index contributed by atoms with van der Waals surface area (Å²) in [6.45, 7) is 0. The molecule has 1 N–H and O–H groups in total. The van der Waals surface area contributed by atoms with Crippen LogP contribution in [-0.4, -0.2) is 15.0 Å². The molecule has 1 rings (SSSR count). The molecule has 0 heterocycles. The number of hydrogen-bond donors (Lipinski definition) is 1. The minimum absolute atomic E-state index is 0.649. The molecular formula is C6H3F5N2O5S. The molecule has 0 aliphatic heterocycles. The monoisotopic (exact) mass is 310 g/mol. The Bertz CT molecular complexity index is 565. The highest BCUT2D eigenvalue weighted by Crippen LogP contribution is 3.02. The molecule has 108 valence electrons. The van der Waals surface area contributed by atoms with Gasteiger partial charge in [0.1, 0.15) is 4.90 Å². The van der Waals surface area contributed by atoms with Crippen LogP contribution in [-0.2, 0) is 0 Å². The molecule has 7 nitrogen and oxygen atoms in total. The SMILES string of the molecule is O=[N+]([O-])c1cc(S(F)(F)(F)(F)F)cc([N+](=O)[O-])c1O. The Morgan fingerprint density at radius 1 is 0.947 bits per heavy atom. The Morgan fingerprint density at radius 2 is 1.26 bits per heavy atom. The van der Waals surface area contributed by atoms with E-state index in [1.807, 2.05) is 0 Å². The van der Waals surface area contributed by atoms with Crippen molar-refractivity contribution in [3.05, 3.63) is 32.4 Å². The van der Waals surface area contributed by atoms with Gasteiger partial charge in [0, 0.05) is 12.1 Å². The topological polar surface area (TPSA) is 107 Å². The number of nitrogens with zero attached hydrogens (tertiary/aromatic N) is 2. The van der Waals surface area contributed by atoms with Crippen molar-refractivity contribution in [3.8, 4) is 5.75 Å². The number of nitro groups is 2. The lowest BCUT2D eigenvalue weighted by molar-refractivity contribution is -0.396. The van der Waals surface area contributed by atoms with Crippen molar-refractivity contribution < 1.29 is 34.4 Å². The highest BCUT2D eigenvalue weighted by Gasteiger charge is 2.66. The first-order chi connectivity index (χ1) is 8.13. The molecule has 0 saturated carbocycles. The van der Waals surface area contributed by atoms with Crippen LogP contribution >= 0.6 is 10.2 Å².